The first kappa shape index (κ1) is 14.5. The smallest absolute Gasteiger partial charge is 0.0698 e. The van der Waals surface area contributed by atoms with E-state index in [-0.39, 0.29) is 6.61 Å². The third-order valence-corrected chi connectivity index (χ3v) is 4.22. The molecule has 0 atom stereocenters. The molecule has 1 heterocycles. The average Bonchev–Trinajstić information content (AvgIpc) is 2.47. The van der Waals surface area contributed by atoms with Gasteiger partial charge in [-0.1, -0.05) is 37.3 Å². The van der Waals surface area contributed by atoms with E-state index in [1.807, 2.05) is 0 Å². The number of piperidine rings is 1. The standard InChI is InChI=1S/C16H25NO2/c1-16(15-5-3-2-4-6-15)7-9-17(10-8-16)11-13-19-14-12-18/h2-6,18H,7-14H2,1H3. The summed E-state index contributed by atoms with van der Waals surface area (Å²) in [6, 6.07) is 10.9. The van der Waals surface area contributed by atoms with E-state index in [1.54, 1.807) is 0 Å². The normalized spacial score (nSPS) is 19.5. The van der Waals surface area contributed by atoms with Crippen molar-refractivity contribution in [2.75, 3.05) is 39.5 Å². The van der Waals surface area contributed by atoms with Crippen molar-refractivity contribution in [2.24, 2.45) is 0 Å². The number of rotatable bonds is 6. The van der Waals surface area contributed by atoms with Crippen LogP contribution in [-0.2, 0) is 10.2 Å². The van der Waals surface area contributed by atoms with Crippen LogP contribution in [0.4, 0.5) is 0 Å². The van der Waals surface area contributed by atoms with Crippen molar-refractivity contribution in [3.63, 3.8) is 0 Å². The van der Waals surface area contributed by atoms with Gasteiger partial charge in [-0.15, -0.1) is 0 Å². The van der Waals surface area contributed by atoms with Gasteiger partial charge in [0.05, 0.1) is 19.8 Å². The van der Waals surface area contributed by atoms with Crippen molar-refractivity contribution in [2.45, 2.75) is 25.2 Å². The lowest BCUT2D eigenvalue weighted by molar-refractivity contribution is 0.0628. The van der Waals surface area contributed by atoms with Crippen LogP contribution in [0.5, 0.6) is 0 Å². The first-order chi connectivity index (χ1) is 9.24. The van der Waals surface area contributed by atoms with Crippen LogP contribution in [0.3, 0.4) is 0 Å². The van der Waals surface area contributed by atoms with E-state index in [0.717, 1.165) is 26.2 Å². The molecular weight excluding hydrogens is 238 g/mol. The number of benzene rings is 1. The van der Waals surface area contributed by atoms with Crippen LogP contribution in [0, 0.1) is 0 Å². The minimum absolute atomic E-state index is 0.117. The SMILES string of the molecule is CC1(c2ccccc2)CCN(CCOCCO)CC1. The Morgan fingerprint density at radius 3 is 2.47 bits per heavy atom. The minimum Gasteiger partial charge on any atom is -0.394 e. The van der Waals surface area contributed by atoms with Crippen molar-refractivity contribution in [1.82, 2.24) is 4.90 Å². The van der Waals surface area contributed by atoms with Crippen molar-refractivity contribution >= 4 is 0 Å². The maximum absolute atomic E-state index is 8.66. The van der Waals surface area contributed by atoms with Crippen molar-refractivity contribution in [3.05, 3.63) is 35.9 Å². The number of nitrogens with zero attached hydrogens (tertiary/aromatic N) is 1. The molecule has 19 heavy (non-hydrogen) atoms. The van der Waals surface area contributed by atoms with Gasteiger partial charge in [0.2, 0.25) is 0 Å². The number of hydrogen-bond donors (Lipinski definition) is 1. The molecule has 0 spiro atoms. The lowest BCUT2D eigenvalue weighted by Gasteiger charge is -2.39. The molecule has 1 saturated heterocycles. The summed E-state index contributed by atoms with van der Waals surface area (Å²) in [6.45, 7) is 6.92. The predicted octanol–water partition coefficient (Wildman–Crippen LogP) is 2.05. The lowest BCUT2D eigenvalue weighted by Crippen LogP contribution is -2.42. The molecule has 1 N–H and O–H groups in total. The molecule has 3 heteroatoms. The second-order valence-corrected chi connectivity index (χ2v) is 5.60. The van der Waals surface area contributed by atoms with Crippen LogP contribution in [0.25, 0.3) is 0 Å². The van der Waals surface area contributed by atoms with Gasteiger partial charge in [0.25, 0.3) is 0 Å². The molecule has 0 aliphatic carbocycles. The number of likely N-dealkylation sites (tertiary alicyclic amines) is 1. The highest BCUT2D eigenvalue weighted by molar-refractivity contribution is 5.25. The van der Waals surface area contributed by atoms with E-state index in [4.69, 9.17) is 9.84 Å². The average molecular weight is 263 g/mol. The zero-order valence-corrected chi connectivity index (χ0v) is 11.8. The third-order valence-electron chi connectivity index (χ3n) is 4.22. The van der Waals surface area contributed by atoms with Gasteiger partial charge >= 0.3 is 0 Å². The molecule has 106 valence electrons. The van der Waals surface area contributed by atoms with Crippen LogP contribution >= 0.6 is 0 Å². The quantitative estimate of drug-likeness (QED) is 0.797. The molecule has 0 unspecified atom stereocenters. The number of aliphatic hydroxyl groups excluding tert-OH is 1. The van der Waals surface area contributed by atoms with Gasteiger partial charge in [-0.25, -0.2) is 0 Å². The van der Waals surface area contributed by atoms with Gasteiger partial charge in [-0.05, 0) is 36.9 Å². The highest BCUT2D eigenvalue weighted by Crippen LogP contribution is 2.34. The first-order valence-corrected chi connectivity index (χ1v) is 7.21. The molecular formula is C16H25NO2. The molecule has 3 nitrogen and oxygen atoms in total. The summed E-state index contributed by atoms with van der Waals surface area (Å²) in [5.74, 6) is 0. The van der Waals surface area contributed by atoms with E-state index in [1.165, 1.54) is 18.4 Å². The summed E-state index contributed by atoms with van der Waals surface area (Å²) >= 11 is 0. The Labute approximate surface area is 116 Å². The molecule has 0 saturated carbocycles. The second-order valence-electron chi connectivity index (χ2n) is 5.60. The van der Waals surface area contributed by atoms with E-state index in [9.17, 15) is 0 Å². The zero-order valence-electron chi connectivity index (χ0n) is 11.8. The maximum Gasteiger partial charge on any atom is 0.0698 e. The summed E-state index contributed by atoms with van der Waals surface area (Å²) in [6.07, 6.45) is 2.41. The topological polar surface area (TPSA) is 32.7 Å². The number of hydrogen-bond acceptors (Lipinski definition) is 3. The van der Waals surface area contributed by atoms with Crippen molar-refractivity contribution in [1.29, 1.82) is 0 Å². The predicted molar refractivity (Wildman–Crippen MR) is 77.4 cm³/mol. The van der Waals surface area contributed by atoms with E-state index >= 15 is 0 Å². The Bertz CT molecular complexity index is 358. The maximum atomic E-state index is 8.66. The van der Waals surface area contributed by atoms with Gasteiger partial charge < -0.3 is 14.7 Å². The van der Waals surface area contributed by atoms with Gasteiger partial charge in [-0.2, -0.15) is 0 Å². The summed E-state index contributed by atoms with van der Waals surface area (Å²) in [5, 5.41) is 8.66. The fraction of sp³-hybridized carbons (Fsp3) is 0.625. The molecule has 0 amide bonds. The Kier molecular flexibility index (Phi) is 5.37. The van der Waals surface area contributed by atoms with Gasteiger partial charge in [0.15, 0.2) is 0 Å². The molecule has 1 aliphatic heterocycles. The van der Waals surface area contributed by atoms with Crippen LogP contribution in [-0.4, -0.2) is 49.5 Å². The second kappa shape index (κ2) is 7.04. The van der Waals surface area contributed by atoms with Crippen LogP contribution < -0.4 is 0 Å². The Balaban J connectivity index is 1.79. The molecule has 0 bridgehead atoms. The molecule has 1 aliphatic rings. The highest BCUT2D eigenvalue weighted by Gasteiger charge is 2.31. The first-order valence-electron chi connectivity index (χ1n) is 7.21. The van der Waals surface area contributed by atoms with E-state index in [0.29, 0.717) is 12.0 Å². The summed E-state index contributed by atoms with van der Waals surface area (Å²) in [5.41, 5.74) is 1.79. The molecule has 0 aromatic heterocycles. The van der Waals surface area contributed by atoms with Crippen molar-refractivity contribution < 1.29 is 9.84 Å². The number of ether oxygens (including phenoxy) is 1. The zero-order chi connectivity index (χ0) is 13.6. The van der Waals surface area contributed by atoms with Crippen LogP contribution in [0.15, 0.2) is 30.3 Å². The third kappa shape index (κ3) is 4.03. The molecule has 2 rings (SSSR count). The van der Waals surface area contributed by atoms with E-state index in [2.05, 4.69) is 42.2 Å². The van der Waals surface area contributed by atoms with Crippen LogP contribution in [0.1, 0.15) is 25.3 Å². The van der Waals surface area contributed by atoms with Gasteiger partial charge in [-0.3, -0.25) is 0 Å². The summed E-state index contributed by atoms with van der Waals surface area (Å²) in [7, 11) is 0. The summed E-state index contributed by atoms with van der Waals surface area (Å²) < 4.78 is 5.33. The van der Waals surface area contributed by atoms with Crippen molar-refractivity contribution in [3.8, 4) is 0 Å². The van der Waals surface area contributed by atoms with E-state index < -0.39 is 0 Å². The highest BCUT2D eigenvalue weighted by atomic mass is 16.5. The fourth-order valence-electron chi connectivity index (χ4n) is 2.76. The minimum atomic E-state index is 0.117. The Morgan fingerprint density at radius 2 is 1.84 bits per heavy atom. The molecule has 1 aromatic carbocycles. The Hall–Kier alpha value is -0.900. The largest absolute Gasteiger partial charge is 0.394 e. The number of aliphatic hydroxyl groups is 1. The van der Waals surface area contributed by atoms with Gasteiger partial charge in [0, 0.05) is 6.54 Å². The monoisotopic (exact) mass is 263 g/mol. The molecule has 0 radical (unpaired) electrons. The Morgan fingerprint density at radius 1 is 1.16 bits per heavy atom. The van der Waals surface area contributed by atoms with Gasteiger partial charge in [0.1, 0.15) is 0 Å². The van der Waals surface area contributed by atoms with Crippen LogP contribution in [0.2, 0.25) is 0 Å². The lowest BCUT2D eigenvalue weighted by atomic mass is 9.74. The fourth-order valence-corrected chi connectivity index (χ4v) is 2.76. The molecule has 1 aromatic rings. The molecule has 1 fully saturated rings. The summed E-state index contributed by atoms with van der Waals surface area (Å²) in [4.78, 5) is 2.46.